The van der Waals surface area contributed by atoms with E-state index in [1.54, 1.807) is 6.07 Å². The SMILES string of the molecule is CCCc1ccc(C#N)c(SC(CC)C(=O)Nc2ccc(OCC)cc2)n1. The second kappa shape index (κ2) is 10.6. The van der Waals surface area contributed by atoms with Crippen molar-refractivity contribution in [2.24, 2.45) is 0 Å². The Balaban J connectivity index is 2.10. The van der Waals surface area contributed by atoms with Crippen molar-refractivity contribution in [3.05, 3.63) is 47.7 Å². The zero-order valence-corrected chi connectivity index (χ0v) is 16.8. The van der Waals surface area contributed by atoms with Crippen molar-refractivity contribution in [2.45, 2.75) is 50.3 Å². The molecule has 1 aromatic carbocycles. The molecule has 2 aromatic rings. The minimum atomic E-state index is -0.326. The number of nitrogens with one attached hydrogen (secondary N) is 1. The van der Waals surface area contributed by atoms with Gasteiger partial charge in [0.2, 0.25) is 5.91 Å². The van der Waals surface area contributed by atoms with Crippen LogP contribution in [0.3, 0.4) is 0 Å². The molecule has 0 aliphatic carbocycles. The minimum Gasteiger partial charge on any atom is -0.494 e. The quantitative estimate of drug-likeness (QED) is 0.629. The summed E-state index contributed by atoms with van der Waals surface area (Å²) in [6, 6.07) is 13.1. The van der Waals surface area contributed by atoms with E-state index >= 15 is 0 Å². The second-order valence-electron chi connectivity index (χ2n) is 5.98. The summed E-state index contributed by atoms with van der Waals surface area (Å²) in [6.45, 7) is 6.58. The molecule has 27 heavy (non-hydrogen) atoms. The predicted molar refractivity (Wildman–Crippen MR) is 109 cm³/mol. The number of hydrogen-bond donors (Lipinski definition) is 1. The van der Waals surface area contributed by atoms with Crippen molar-refractivity contribution in [1.29, 1.82) is 5.26 Å². The number of rotatable bonds is 9. The lowest BCUT2D eigenvalue weighted by Gasteiger charge is -2.15. The van der Waals surface area contributed by atoms with E-state index in [0.29, 0.717) is 23.6 Å². The van der Waals surface area contributed by atoms with Crippen molar-refractivity contribution in [3.8, 4) is 11.8 Å². The summed E-state index contributed by atoms with van der Waals surface area (Å²) in [4.78, 5) is 17.3. The number of nitriles is 1. The number of thioether (sulfide) groups is 1. The average Bonchev–Trinajstić information content (AvgIpc) is 2.68. The number of ether oxygens (including phenoxy) is 1. The first-order valence-corrected chi connectivity index (χ1v) is 10.1. The number of pyridine rings is 1. The summed E-state index contributed by atoms with van der Waals surface area (Å²) in [5.41, 5.74) is 2.17. The second-order valence-corrected chi connectivity index (χ2v) is 7.17. The van der Waals surface area contributed by atoms with E-state index in [9.17, 15) is 10.1 Å². The van der Waals surface area contributed by atoms with Gasteiger partial charge >= 0.3 is 0 Å². The number of carbonyl (C=O) groups is 1. The van der Waals surface area contributed by atoms with Crippen LogP contribution in [0, 0.1) is 11.3 Å². The summed E-state index contributed by atoms with van der Waals surface area (Å²) in [6.07, 6.45) is 2.48. The molecule has 0 bridgehead atoms. The fourth-order valence-electron chi connectivity index (χ4n) is 2.53. The normalized spacial score (nSPS) is 11.5. The molecule has 2 rings (SSSR count). The lowest BCUT2D eigenvalue weighted by molar-refractivity contribution is -0.115. The highest BCUT2D eigenvalue weighted by Crippen LogP contribution is 2.28. The van der Waals surface area contributed by atoms with E-state index in [0.717, 1.165) is 30.0 Å². The van der Waals surface area contributed by atoms with E-state index in [-0.39, 0.29) is 11.2 Å². The molecule has 1 N–H and O–H groups in total. The molecule has 1 unspecified atom stereocenters. The molecule has 1 heterocycles. The third-order valence-corrected chi connectivity index (χ3v) is 5.26. The Morgan fingerprint density at radius 1 is 1.22 bits per heavy atom. The van der Waals surface area contributed by atoms with Crippen LogP contribution in [-0.2, 0) is 11.2 Å². The van der Waals surface area contributed by atoms with Crippen molar-refractivity contribution in [3.63, 3.8) is 0 Å². The van der Waals surface area contributed by atoms with Crippen LogP contribution in [0.5, 0.6) is 5.75 Å². The van der Waals surface area contributed by atoms with Crippen LogP contribution >= 0.6 is 11.8 Å². The molecular weight excluding hydrogens is 358 g/mol. The lowest BCUT2D eigenvalue weighted by atomic mass is 10.2. The van der Waals surface area contributed by atoms with Gasteiger partial charge in [0.25, 0.3) is 0 Å². The Labute approximate surface area is 165 Å². The van der Waals surface area contributed by atoms with Gasteiger partial charge in [0.1, 0.15) is 16.8 Å². The van der Waals surface area contributed by atoms with E-state index in [1.165, 1.54) is 11.8 Å². The van der Waals surface area contributed by atoms with Crippen LogP contribution in [0.4, 0.5) is 5.69 Å². The smallest absolute Gasteiger partial charge is 0.237 e. The summed E-state index contributed by atoms with van der Waals surface area (Å²) in [5, 5.41) is 12.6. The van der Waals surface area contributed by atoms with E-state index < -0.39 is 0 Å². The maximum atomic E-state index is 12.7. The number of carbonyl (C=O) groups excluding carboxylic acids is 1. The predicted octanol–water partition coefficient (Wildman–Crippen LogP) is 4.81. The molecule has 5 nitrogen and oxygen atoms in total. The Bertz CT molecular complexity index is 800. The first-order valence-electron chi connectivity index (χ1n) is 9.21. The molecule has 1 amide bonds. The molecule has 0 radical (unpaired) electrons. The molecule has 0 saturated carbocycles. The van der Waals surface area contributed by atoms with Crippen molar-refractivity contribution >= 4 is 23.4 Å². The Hall–Kier alpha value is -2.52. The fraction of sp³-hybridized carbons (Fsp3) is 0.381. The molecule has 0 fully saturated rings. The number of anilines is 1. The topological polar surface area (TPSA) is 75.0 Å². The third-order valence-electron chi connectivity index (χ3n) is 3.89. The van der Waals surface area contributed by atoms with Gasteiger partial charge in [-0.05, 0) is 56.2 Å². The van der Waals surface area contributed by atoms with Gasteiger partial charge in [-0.25, -0.2) is 4.98 Å². The van der Waals surface area contributed by atoms with Gasteiger partial charge in [-0.3, -0.25) is 4.79 Å². The zero-order valence-electron chi connectivity index (χ0n) is 16.0. The fourth-order valence-corrected chi connectivity index (χ4v) is 3.54. The maximum Gasteiger partial charge on any atom is 0.237 e. The van der Waals surface area contributed by atoms with Gasteiger partial charge in [0, 0.05) is 11.4 Å². The molecule has 0 spiro atoms. The van der Waals surface area contributed by atoms with Gasteiger partial charge in [0.15, 0.2) is 0 Å². The summed E-state index contributed by atoms with van der Waals surface area (Å²) < 4.78 is 5.41. The van der Waals surface area contributed by atoms with Gasteiger partial charge in [-0.1, -0.05) is 32.0 Å². The largest absolute Gasteiger partial charge is 0.494 e. The number of nitrogens with zero attached hydrogens (tertiary/aromatic N) is 2. The van der Waals surface area contributed by atoms with Crippen LogP contribution in [0.2, 0.25) is 0 Å². The highest BCUT2D eigenvalue weighted by molar-refractivity contribution is 8.00. The molecule has 0 aliphatic rings. The highest BCUT2D eigenvalue weighted by Gasteiger charge is 2.21. The van der Waals surface area contributed by atoms with Crippen LogP contribution in [0.25, 0.3) is 0 Å². The number of benzene rings is 1. The maximum absolute atomic E-state index is 12.7. The number of aromatic nitrogens is 1. The molecule has 1 atom stereocenters. The van der Waals surface area contributed by atoms with E-state index in [2.05, 4.69) is 23.3 Å². The summed E-state index contributed by atoms with van der Waals surface area (Å²) >= 11 is 1.35. The third kappa shape index (κ3) is 6.00. The van der Waals surface area contributed by atoms with Crippen LogP contribution in [0.1, 0.15) is 44.9 Å². The van der Waals surface area contributed by atoms with Gasteiger partial charge in [0.05, 0.1) is 17.4 Å². The number of amides is 1. The van der Waals surface area contributed by atoms with Gasteiger partial charge < -0.3 is 10.1 Å². The molecule has 0 saturated heterocycles. The van der Waals surface area contributed by atoms with E-state index in [1.807, 2.05) is 44.2 Å². The zero-order chi connectivity index (χ0) is 19.6. The monoisotopic (exact) mass is 383 g/mol. The minimum absolute atomic E-state index is 0.0988. The van der Waals surface area contributed by atoms with Crippen LogP contribution < -0.4 is 10.1 Å². The Morgan fingerprint density at radius 2 is 1.96 bits per heavy atom. The summed E-state index contributed by atoms with van der Waals surface area (Å²) in [7, 11) is 0. The highest BCUT2D eigenvalue weighted by atomic mass is 32.2. The first kappa shape index (κ1) is 20.8. The number of hydrogen-bond acceptors (Lipinski definition) is 5. The molecule has 1 aromatic heterocycles. The summed E-state index contributed by atoms with van der Waals surface area (Å²) in [5.74, 6) is 0.672. The standard InChI is InChI=1S/C21H25N3O2S/c1-4-7-16-9-8-15(14-22)21(24-16)27-19(5-2)20(25)23-17-10-12-18(13-11-17)26-6-3/h8-13,19H,4-7H2,1-3H3,(H,23,25). The van der Waals surface area contributed by atoms with Gasteiger partial charge in [-0.15, -0.1) is 0 Å². The first-order chi connectivity index (χ1) is 13.1. The average molecular weight is 384 g/mol. The Morgan fingerprint density at radius 3 is 2.56 bits per heavy atom. The molecule has 0 aliphatic heterocycles. The van der Waals surface area contributed by atoms with Crippen LogP contribution in [0.15, 0.2) is 41.4 Å². The van der Waals surface area contributed by atoms with Gasteiger partial charge in [-0.2, -0.15) is 5.26 Å². The molecule has 142 valence electrons. The lowest BCUT2D eigenvalue weighted by Crippen LogP contribution is -2.24. The van der Waals surface area contributed by atoms with Crippen molar-refractivity contribution in [2.75, 3.05) is 11.9 Å². The van der Waals surface area contributed by atoms with E-state index in [4.69, 9.17) is 4.74 Å². The number of aryl methyl sites for hydroxylation is 1. The van der Waals surface area contributed by atoms with Crippen molar-refractivity contribution < 1.29 is 9.53 Å². The molecular formula is C21H25N3O2S. The Kier molecular flexibility index (Phi) is 8.15. The molecule has 6 heteroatoms. The van der Waals surface area contributed by atoms with Crippen molar-refractivity contribution in [1.82, 2.24) is 4.98 Å². The van der Waals surface area contributed by atoms with Crippen LogP contribution in [-0.4, -0.2) is 22.7 Å².